The van der Waals surface area contributed by atoms with Gasteiger partial charge >= 0.3 is 0 Å². The number of furan rings is 1. The van der Waals surface area contributed by atoms with Gasteiger partial charge in [0.15, 0.2) is 0 Å². The Morgan fingerprint density at radius 1 is 1.21 bits per heavy atom. The molecule has 2 aromatic rings. The number of nitrogens with zero attached hydrogens (tertiary/aromatic N) is 3. The summed E-state index contributed by atoms with van der Waals surface area (Å²) in [5.41, 5.74) is 3.74. The molecule has 1 aliphatic carbocycles. The van der Waals surface area contributed by atoms with E-state index in [1.54, 1.807) is 12.4 Å². The van der Waals surface area contributed by atoms with E-state index < -0.39 is 0 Å². The van der Waals surface area contributed by atoms with Gasteiger partial charge in [-0.3, -0.25) is 14.8 Å². The number of fused-ring (bicyclic) bond motifs is 1. The molecule has 2 aliphatic rings. The highest BCUT2D eigenvalue weighted by Gasteiger charge is 2.35. The first-order valence-corrected chi connectivity index (χ1v) is 8.86. The van der Waals surface area contributed by atoms with Crippen molar-refractivity contribution in [2.45, 2.75) is 58.4 Å². The van der Waals surface area contributed by atoms with E-state index in [0.717, 1.165) is 79.1 Å². The highest BCUT2D eigenvalue weighted by molar-refractivity contribution is 5.97. The van der Waals surface area contributed by atoms with Crippen LogP contribution >= 0.6 is 0 Å². The molecule has 1 fully saturated rings. The van der Waals surface area contributed by atoms with Gasteiger partial charge < -0.3 is 9.32 Å². The minimum absolute atomic E-state index is 0.0263. The molecule has 1 saturated heterocycles. The monoisotopic (exact) mass is 325 g/mol. The summed E-state index contributed by atoms with van der Waals surface area (Å²) in [6.07, 6.45) is 9.70. The second kappa shape index (κ2) is 6.04. The van der Waals surface area contributed by atoms with E-state index in [-0.39, 0.29) is 11.9 Å². The molecule has 3 heterocycles. The maximum atomic E-state index is 13.3. The van der Waals surface area contributed by atoms with Crippen LogP contribution in [0.1, 0.15) is 70.6 Å². The van der Waals surface area contributed by atoms with Crippen molar-refractivity contribution < 1.29 is 9.21 Å². The van der Waals surface area contributed by atoms with Gasteiger partial charge in [-0.1, -0.05) is 0 Å². The van der Waals surface area contributed by atoms with E-state index in [2.05, 4.69) is 9.97 Å². The van der Waals surface area contributed by atoms with Crippen LogP contribution in [0, 0.1) is 13.8 Å². The number of rotatable bonds is 2. The van der Waals surface area contributed by atoms with E-state index in [9.17, 15) is 4.79 Å². The van der Waals surface area contributed by atoms with Gasteiger partial charge in [-0.15, -0.1) is 0 Å². The first-order valence-electron chi connectivity index (χ1n) is 8.86. The number of amides is 1. The van der Waals surface area contributed by atoms with Crippen molar-refractivity contribution in [3.63, 3.8) is 0 Å². The maximum absolute atomic E-state index is 13.3. The van der Waals surface area contributed by atoms with E-state index in [0.29, 0.717) is 0 Å². The third-order valence-corrected chi connectivity index (χ3v) is 5.19. The molecule has 0 saturated carbocycles. The van der Waals surface area contributed by atoms with E-state index >= 15 is 0 Å². The van der Waals surface area contributed by atoms with Crippen LogP contribution in [0.3, 0.4) is 0 Å². The summed E-state index contributed by atoms with van der Waals surface area (Å²) in [7, 11) is 0. The van der Waals surface area contributed by atoms with Crippen LogP contribution in [-0.4, -0.2) is 27.3 Å². The molecule has 126 valence electrons. The van der Waals surface area contributed by atoms with Gasteiger partial charge in [-0.25, -0.2) is 0 Å². The molecule has 1 amide bonds. The van der Waals surface area contributed by atoms with Crippen LogP contribution in [0.4, 0.5) is 0 Å². The maximum Gasteiger partial charge on any atom is 0.258 e. The fourth-order valence-electron chi connectivity index (χ4n) is 4.09. The standard InChI is InChI=1S/C19H23N3O2/c1-12-10-20-11-15(21-12)16-7-5-9-22(16)19(23)18-13(2)24-17-8-4-3-6-14(17)18/h10-11,16H,3-9H2,1-2H3. The third-order valence-electron chi connectivity index (χ3n) is 5.19. The number of aryl methyl sites for hydroxylation is 3. The lowest BCUT2D eigenvalue weighted by atomic mass is 9.94. The lowest BCUT2D eigenvalue weighted by molar-refractivity contribution is 0.0729. The summed E-state index contributed by atoms with van der Waals surface area (Å²) in [5, 5.41) is 0. The molecule has 0 spiro atoms. The quantitative estimate of drug-likeness (QED) is 0.847. The summed E-state index contributed by atoms with van der Waals surface area (Å²) < 4.78 is 5.90. The molecule has 1 unspecified atom stereocenters. The fraction of sp³-hybridized carbons (Fsp3) is 0.526. The molecular formula is C19H23N3O2. The van der Waals surface area contributed by atoms with E-state index in [1.165, 1.54) is 0 Å². The largest absolute Gasteiger partial charge is 0.465 e. The predicted octanol–water partition coefficient (Wildman–Crippen LogP) is 3.54. The van der Waals surface area contributed by atoms with Gasteiger partial charge in [-0.2, -0.15) is 0 Å². The normalized spacial score (nSPS) is 20.2. The van der Waals surface area contributed by atoms with Crippen molar-refractivity contribution in [1.29, 1.82) is 0 Å². The zero-order chi connectivity index (χ0) is 16.7. The number of likely N-dealkylation sites (tertiary alicyclic amines) is 1. The highest BCUT2D eigenvalue weighted by atomic mass is 16.3. The smallest absolute Gasteiger partial charge is 0.258 e. The van der Waals surface area contributed by atoms with Crippen molar-refractivity contribution >= 4 is 5.91 Å². The van der Waals surface area contributed by atoms with Gasteiger partial charge in [0.2, 0.25) is 0 Å². The van der Waals surface area contributed by atoms with Gasteiger partial charge in [0.25, 0.3) is 5.91 Å². The zero-order valence-corrected chi connectivity index (χ0v) is 14.3. The minimum Gasteiger partial charge on any atom is -0.465 e. The topological polar surface area (TPSA) is 59.2 Å². The van der Waals surface area contributed by atoms with Crippen LogP contribution in [0.25, 0.3) is 0 Å². The van der Waals surface area contributed by atoms with Crippen LogP contribution in [0.5, 0.6) is 0 Å². The summed E-state index contributed by atoms with van der Waals surface area (Å²) in [6.45, 7) is 4.63. The second-order valence-electron chi connectivity index (χ2n) is 6.88. The van der Waals surface area contributed by atoms with Gasteiger partial charge in [-0.05, 0) is 46.0 Å². The van der Waals surface area contributed by atoms with Crippen LogP contribution in [-0.2, 0) is 12.8 Å². The van der Waals surface area contributed by atoms with E-state index in [4.69, 9.17) is 4.42 Å². The molecule has 0 aromatic carbocycles. The summed E-state index contributed by atoms with van der Waals surface area (Å²) >= 11 is 0. The summed E-state index contributed by atoms with van der Waals surface area (Å²) in [5.74, 6) is 1.89. The Kier molecular flexibility index (Phi) is 3.87. The molecule has 1 atom stereocenters. The minimum atomic E-state index is 0.0263. The Labute approximate surface area is 142 Å². The lowest BCUT2D eigenvalue weighted by Gasteiger charge is -2.25. The van der Waals surface area contributed by atoms with Crippen LogP contribution in [0.2, 0.25) is 0 Å². The van der Waals surface area contributed by atoms with Crippen molar-refractivity contribution in [2.24, 2.45) is 0 Å². The molecule has 5 heteroatoms. The van der Waals surface area contributed by atoms with Crippen LogP contribution < -0.4 is 0 Å². The number of hydrogen-bond acceptors (Lipinski definition) is 4. The van der Waals surface area contributed by atoms with Crippen LogP contribution in [0.15, 0.2) is 16.8 Å². The molecular weight excluding hydrogens is 302 g/mol. The second-order valence-corrected chi connectivity index (χ2v) is 6.88. The number of aromatic nitrogens is 2. The van der Waals surface area contributed by atoms with Crippen molar-refractivity contribution in [1.82, 2.24) is 14.9 Å². The Hall–Kier alpha value is -2.17. The number of carbonyl (C=O) groups excluding carboxylic acids is 1. The van der Waals surface area contributed by atoms with Gasteiger partial charge in [0.1, 0.15) is 11.5 Å². The first kappa shape index (κ1) is 15.4. The molecule has 2 aromatic heterocycles. The molecule has 0 bridgehead atoms. The third kappa shape index (κ3) is 2.52. The fourth-order valence-corrected chi connectivity index (χ4v) is 4.09. The molecule has 24 heavy (non-hydrogen) atoms. The molecule has 4 rings (SSSR count). The molecule has 0 radical (unpaired) electrons. The predicted molar refractivity (Wildman–Crippen MR) is 89.9 cm³/mol. The van der Waals surface area contributed by atoms with Crippen molar-refractivity contribution in [3.8, 4) is 0 Å². The summed E-state index contributed by atoms with van der Waals surface area (Å²) in [6, 6.07) is 0.0263. The lowest BCUT2D eigenvalue weighted by Crippen LogP contribution is -2.32. The number of hydrogen-bond donors (Lipinski definition) is 0. The Morgan fingerprint density at radius 2 is 2.04 bits per heavy atom. The Morgan fingerprint density at radius 3 is 2.88 bits per heavy atom. The zero-order valence-electron chi connectivity index (χ0n) is 14.3. The number of carbonyl (C=O) groups is 1. The molecule has 1 aliphatic heterocycles. The molecule has 5 nitrogen and oxygen atoms in total. The van der Waals surface area contributed by atoms with Crippen molar-refractivity contribution in [2.75, 3.05) is 6.54 Å². The van der Waals surface area contributed by atoms with Crippen molar-refractivity contribution in [3.05, 3.63) is 46.4 Å². The Balaban J connectivity index is 1.68. The van der Waals surface area contributed by atoms with Gasteiger partial charge in [0.05, 0.1) is 29.2 Å². The Bertz CT molecular complexity index is 781. The highest BCUT2D eigenvalue weighted by Crippen LogP contribution is 2.36. The average molecular weight is 325 g/mol. The first-order chi connectivity index (χ1) is 11.6. The van der Waals surface area contributed by atoms with E-state index in [1.807, 2.05) is 18.7 Å². The summed E-state index contributed by atoms with van der Waals surface area (Å²) in [4.78, 5) is 24.1. The van der Waals surface area contributed by atoms with Gasteiger partial charge in [0, 0.05) is 24.7 Å². The average Bonchev–Trinajstić information content (AvgIpc) is 3.18. The SMILES string of the molecule is Cc1cncc(C2CCCN2C(=O)c2c(C)oc3c2CCCC3)n1. The molecule has 0 N–H and O–H groups in total.